The SMILES string of the molecule is C(CC1CSC(CCSCC2CC2)CS1)SCC1CC1.C(CSCC1CSC(CSCCSCC2CC2)CS1)SCC1CC1. The molecule has 256 valence electrons. The molecule has 0 nitrogen and oxygen atoms in total. The number of hydrogen-bond acceptors (Lipinski definition) is 10. The van der Waals surface area contributed by atoms with Crippen LogP contribution in [0.25, 0.3) is 0 Å². The minimum Gasteiger partial charge on any atom is -0.162 e. The molecule has 44 heavy (non-hydrogen) atoms. The van der Waals surface area contributed by atoms with Crippen molar-refractivity contribution in [2.75, 3.05) is 92.0 Å². The van der Waals surface area contributed by atoms with Crippen molar-refractivity contribution in [2.24, 2.45) is 23.7 Å². The molecule has 0 N–H and O–H groups in total. The molecule has 0 aromatic rings. The lowest BCUT2D eigenvalue weighted by Gasteiger charge is -2.27. The Morgan fingerprint density at radius 1 is 0.318 bits per heavy atom. The maximum absolute atomic E-state index is 2.28. The van der Waals surface area contributed by atoms with Crippen molar-refractivity contribution in [3.63, 3.8) is 0 Å². The van der Waals surface area contributed by atoms with E-state index in [1.54, 1.807) is 0 Å². The summed E-state index contributed by atoms with van der Waals surface area (Å²) in [5.74, 6) is 26.9. The Kier molecular flexibility index (Phi) is 21.0. The van der Waals surface area contributed by atoms with E-state index in [1.165, 1.54) is 156 Å². The van der Waals surface area contributed by atoms with Crippen LogP contribution in [0.4, 0.5) is 0 Å². The van der Waals surface area contributed by atoms with Crippen LogP contribution in [-0.2, 0) is 0 Å². The van der Waals surface area contributed by atoms with Gasteiger partial charge in [0.1, 0.15) is 0 Å². The molecule has 0 aromatic heterocycles. The maximum atomic E-state index is 2.28. The highest BCUT2D eigenvalue weighted by Crippen LogP contribution is 2.38. The summed E-state index contributed by atoms with van der Waals surface area (Å²) in [5, 5.41) is 3.76. The summed E-state index contributed by atoms with van der Waals surface area (Å²) < 4.78 is 0. The molecule has 2 aliphatic heterocycles. The third-order valence-electron chi connectivity index (χ3n) is 8.79. The van der Waals surface area contributed by atoms with E-state index >= 15 is 0 Å². The largest absolute Gasteiger partial charge is 0.162 e. The fourth-order valence-electron chi connectivity index (χ4n) is 4.92. The van der Waals surface area contributed by atoms with Gasteiger partial charge in [0.2, 0.25) is 0 Å². The van der Waals surface area contributed by atoms with E-state index in [9.17, 15) is 0 Å². The monoisotopic (exact) mass is 788 g/mol. The summed E-state index contributed by atoms with van der Waals surface area (Å²) in [6, 6.07) is 0. The van der Waals surface area contributed by atoms with Crippen molar-refractivity contribution in [3.05, 3.63) is 0 Å². The Hall–Kier alpha value is 3.50. The van der Waals surface area contributed by atoms with Crippen molar-refractivity contribution in [1.82, 2.24) is 0 Å². The van der Waals surface area contributed by atoms with Crippen LogP contribution < -0.4 is 0 Å². The minimum atomic E-state index is 0.920. The molecule has 0 radical (unpaired) electrons. The van der Waals surface area contributed by atoms with Crippen LogP contribution in [0.2, 0.25) is 0 Å². The summed E-state index contributed by atoms with van der Waals surface area (Å²) in [5.41, 5.74) is 0. The van der Waals surface area contributed by atoms with E-state index in [-0.39, 0.29) is 0 Å². The number of hydrogen-bond donors (Lipinski definition) is 0. The fraction of sp³-hybridized carbons (Fsp3) is 1.00. The Morgan fingerprint density at radius 3 is 0.886 bits per heavy atom. The summed E-state index contributed by atoms with van der Waals surface area (Å²) in [4.78, 5) is 0. The highest BCUT2D eigenvalue weighted by Gasteiger charge is 2.26. The van der Waals surface area contributed by atoms with Crippen LogP contribution in [0.1, 0.15) is 64.2 Å². The van der Waals surface area contributed by atoms with Gasteiger partial charge in [-0.2, -0.15) is 118 Å². The Balaban J connectivity index is 0.000000177. The first kappa shape index (κ1) is 38.7. The molecule has 0 spiro atoms. The van der Waals surface area contributed by atoms with Crippen molar-refractivity contribution in [3.8, 4) is 0 Å². The van der Waals surface area contributed by atoms with Crippen LogP contribution in [0.5, 0.6) is 0 Å². The van der Waals surface area contributed by atoms with Gasteiger partial charge in [-0.15, -0.1) is 0 Å². The van der Waals surface area contributed by atoms with E-state index < -0.39 is 0 Å². The second-order valence-electron chi connectivity index (χ2n) is 13.6. The van der Waals surface area contributed by atoms with E-state index in [4.69, 9.17) is 0 Å². The van der Waals surface area contributed by atoms with Crippen LogP contribution in [-0.4, -0.2) is 113 Å². The zero-order valence-electron chi connectivity index (χ0n) is 27.1. The van der Waals surface area contributed by atoms with Gasteiger partial charge in [-0.1, -0.05) is 0 Å². The molecule has 0 aromatic carbocycles. The molecule has 2 saturated heterocycles. The molecule has 0 amide bonds. The standard InChI is InChI=1S/C18H32S6.C16H28S4/c1-2-15(1)9-19-5-7-21-11-17-13-24-18(14-23-17)12-22-8-6-20-10-16-3-4-16;1-2-13(1)9-17-7-5-15-11-20-16(12-19-15)6-8-18-10-14-3-4-14/h15-18H,1-14H2;13-16H,1-12H2. The summed E-state index contributed by atoms with van der Waals surface area (Å²) in [7, 11) is 0. The number of thioether (sulfide) groups is 10. The van der Waals surface area contributed by atoms with E-state index in [2.05, 4.69) is 118 Å². The second kappa shape index (κ2) is 23.9. The average Bonchev–Trinajstić information content (AvgIpc) is 3.87. The van der Waals surface area contributed by atoms with Gasteiger partial charge in [-0.3, -0.25) is 0 Å². The molecule has 10 heteroatoms. The zero-order chi connectivity index (χ0) is 30.1. The summed E-state index contributed by atoms with van der Waals surface area (Å²) in [6.45, 7) is 0. The van der Waals surface area contributed by atoms with Crippen LogP contribution in [0, 0.1) is 23.7 Å². The predicted octanol–water partition coefficient (Wildman–Crippen LogP) is 11.2. The first-order valence-corrected chi connectivity index (χ1v) is 28.8. The van der Waals surface area contributed by atoms with Gasteiger partial charge in [0.25, 0.3) is 0 Å². The van der Waals surface area contributed by atoms with Crippen molar-refractivity contribution < 1.29 is 0 Å². The van der Waals surface area contributed by atoms with Gasteiger partial charge >= 0.3 is 0 Å². The van der Waals surface area contributed by atoms with Crippen LogP contribution in [0.15, 0.2) is 0 Å². The predicted molar refractivity (Wildman–Crippen MR) is 229 cm³/mol. The number of rotatable bonds is 24. The average molecular weight is 790 g/mol. The Labute approximate surface area is 315 Å². The third-order valence-corrected chi connectivity index (χ3v) is 23.4. The second-order valence-corrected chi connectivity index (χ2v) is 25.9. The molecule has 6 rings (SSSR count). The van der Waals surface area contributed by atoms with Gasteiger partial charge in [-0.05, 0) is 122 Å². The molecule has 4 atom stereocenters. The minimum absolute atomic E-state index is 0.920. The summed E-state index contributed by atoms with van der Waals surface area (Å²) >= 11 is 22.3. The van der Waals surface area contributed by atoms with Crippen LogP contribution >= 0.6 is 118 Å². The molecule has 4 saturated carbocycles. The first-order chi connectivity index (χ1) is 21.8. The topological polar surface area (TPSA) is 0 Å². The van der Waals surface area contributed by atoms with E-state index in [0.29, 0.717) is 0 Å². The zero-order valence-corrected chi connectivity index (χ0v) is 35.3. The molecular formula is C34H60S10. The molecule has 6 fully saturated rings. The quantitative estimate of drug-likeness (QED) is 0.0863. The Bertz CT molecular complexity index is 651. The van der Waals surface area contributed by atoms with Gasteiger partial charge in [-0.25, -0.2) is 0 Å². The molecular weight excluding hydrogens is 729 g/mol. The lowest BCUT2D eigenvalue weighted by Crippen LogP contribution is -2.25. The van der Waals surface area contributed by atoms with E-state index in [0.717, 1.165) is 44.7 Å². The van der Waals surface area contributed by atoms with Gasteiger partial charge in [0.05, 0.1) is 0 Å². The molecule has 2 heterocycles. The van der Waals surface area contributed by atoms with Crippen molar-refractivity contribution in [1.29, 1.82) is 0 Å². The van der Waals surface area contributed by atoms with Gasteiger partial charge in [0, 0.05) is 78.5 Å². The van der Waals surface area contributed by atoms with Crippen LogP contribution in [0.3, 0.4) is 0 Å². The lowest BCUT2D eigenvalue weighted by atomic mass is 10.3. The van der Waals surface area contributed by atoms with Crippen molar-refractivity contribution >= 4 is 118 Å². The summed E-state index contributed by atoms with van der Waals surface area (Å²) in [6.07, 6.45) is 15.0. The van der Waals surface area contributed by atoms with Gasteiger partial charge in [0.15, 0.2) is 0 Å². The third kappa shape index (κ3) is 19.8. The maximum Gasteiger partial charge on any atom is 0.0229 e. The molecule has 4 unspecified atom stereocenters. The highest BCUT2D eigenvalue weighted by molar-refractivity contribution is 8.09. The molecule has 0 bridgehead atoms. The van der Waals surface area contributed by atoms with E-state index in [1.807, 2.05) is 0 Å². The van der Waals surface area contributed by atoms with Gasteiger partial charge < -0.3 is 0 Å². The lowest BCUT2D eigenvalue weighted by molar-refractivity contribution is 0.868. The smallest absolute Gasteiger partial charge is 0.0229 e. The molecule has 4 aliphatic carbocycles. The fourth-order valence-corrected chi connectivity index (χ4v) is 19.7. The molecule has 6 aliphatic rings. The first-order valence-electron chi connectivity index (χ1n) is 17.7. The Morgan fingerprint density at radius 2 is 0.591 bits per heavy atom. The normalized spacial score (nSPS) is 28.9. The van der Waals surface area contributed by atoms with Crippen molar-refractivity contribution in [2.45, 2.75) is 85.2 Å². The highest BCUT2D eigenvalue weighted by atomic mass is 32.2.